The molecule has 0 saturated heterocycles. The Bertz CT molecular complexity index is 394. The molecule has 102 valence electrons. The number of aromatic nitrogens is 1. The summed E-state index contributed by atoms with van der Waals surface area (Å²) in [5.41, 5.74) is 5.75. The number of nitrogens with two attached hydrogens (primary N) is 1. The molecule has 6 nitrogen and oxygen atoms in total. The molecule has 4 N–H and O–H groups in total. The second-order valence-electron chi connectivity index (χ2n) is 3.77. The smallest absolute Gasteiger partial charge is 0.267 e. The highest BCUT2D eigenvalue weighted by molar-refractivity contribution is 7.18. The fraction of sp³-hybridized carbons (Fsp3) is 0.636. The Morgan fingerprint density at radius 1 is 1.56 bits per heavy atom. The largest absolute Gasteiger partial charge is 0.395 e. The standard InChI is InChI=1S/C11H20N4O2S/c1-3-5-13-11-14-9(12)8(18-11)10(17)15(4-2)6-7-16/h16H,3-7,12H2,1-2H3,(H,13,14). The van der Waals surface area contributed by atoms with Gasteiger partial charge in [0, 0.05) is 19.6 Å². The zero-order valence-electron chi connectivity index (χ0n) is 10.8. The van der Waals surface area contributed by atoms with Crippen molar-refractivity contribution in [1.29, 1.82) is 0 Å². The van der Waals surface area contributed by atoms with Gasteiger partial charge < -0.3 is 21.1 Å². The normalized spacial score (nSPS) is 10.4. The summed E-state index contributed by atoms with van der Waals surface area (Å²) in [7, 11) is 0. The van der Waals surface area contributed by atoms with Crippen LogP contribution in [0.4, 0.5) is 10.9 Å². The maximum absolute atomic E-state index is 12.2. The van der Waals surface area contributed by atoms with E-state index in [-0.39, 0.29) is 18.3 Å². The number of nitrogens with one attached hydrogen (secondary N) is 1. The number of likely N-dealkylation sites (N-methyl/N-ethyl adjacent to an activating group) is 1. The van der Waals surface area contributed by atoms with E-state index < -0.39 is 0 Å². The van der Waals surface area contributed by atoms with Crippen LogP contribution in [-0.4, -0.2) is 47.1 Å². The number of aliphatic hydroxyl groups excluding tert-OH is 1. The quantitative estimate of drug-likeness (QED) is 0.689. The maximum Gasteiger partial charge on any atom is 0.267 e. The first-order valence-electron chi connectivity index (χ1n) is 6.04. The molecule has 18 heavy (non-hydrogen) atoms. The Labute approximate surface area is 111 Å². The molecule has 1 aromatic rings. The van der Waals surface area contributed by atoms with Gasteiger partial charge in [-0.25, -0.2) is 4.98 Å². The summed E-state index contributed by atoms with van der Waals surface area (Å²) < 4.78 is 0. The van der Waals surface area contributed by atoms with E-state index in [9.17, 15) is 4.79 Å². The van der Waals surface area contributed by atoms with Gasteiger partial charge in [-0.1, -0.05) is 18.3 Å². The Kier molecular flexibility index (Phi) is 5.87. The van der Waals surface area contributed by atoms with Crippen molar-refractivity contribution in [3.63, 3.8) is 0 Å². The molecule has 0 aromatic carbocycles. The molecule has 7 heteroatoms. The summed E-state index contributed by atoms with van der Waals surface area (Å²) in [5, 5.41) is 12.7. The number of hydrogen-bond acceptors (Lipinski definition) is 6. The molecule has 0 spiro atoms. The molecule has 1 aromatic heterocycles. The van der Waals surface area contributed by atoms with Gasteiger partial charge in [0.15, 0.2) is 5.13 Å². The van der Waals surface area contributed by atoms with Gasteiger partial charge in [-0.05, 0) is 13.3 Å². The molecule has 0 fully saturated rings. The van der Waals surface area contributed by atoms with E-state index in [0.717, 1.165) is 13.0 Å². The summed E-state index contributed by atoms with van der Waals surface area (Å²) in [6.45, 7) is 5.50. The number of thiazole rings is 1. The highest BCUT2D eigenvalue weighted by Crippen LogP contribution is 2.26. The molecule has 1 amide bonds. The third kappa shape index (κ3) is 3.58. The lowest BCUT2D eigenvalue weighted by Crippen LogP contribution is -2.33. The average molecular weight is 272 g/mol. The van der Waals surface area contributed by atoms with E-state index in [4.69, 9.17) is 10.8 Å². The fourth-order valence-electron chi connectivity index (χ4n) is 1.46. The van der Waals surface area contributed by atoms with Crippen LogP contribution >= 0.6 is 11.3 Å². The van der Waals surface area contributed by atoms with Crippen molar-refractivity contribution in [3.05, 3.63) is 4.88 Å². The van der Waals surface area contributed by atoms with Crippen LogP contribution in [-0.2, 0) is 0 Å². The molecule has 0 radical (unpaired) electrons. The van der Waals surface area contributed by atoms with E-state index in [0.29, 0.717) is 23.1 Å². The summed E-state index contributed by atoms with van der Waals surface area (Å²) in [6.07, 6.45) is 0.981. The molecular formula is C11H20N4O2S. The van der Waals surface area contributed by atoms with E-state index in [1.807, 2.05) is 6.92 Å². The molecule has 0 unspecified atom stereocenters. The summed E-state index contributed by atoms with van der Waals surface area (Å²) in [6, 6.07) is 0. The average Bonchev–Trinajstić information content (AvgIpc) is 2.74. The minimum Gasteiger partial charge on any atom is -0.395 e. The van der Waals surface area contributed by atoms with Crippen molar-refractivity contribution in [3.8, 4) is 0 Å². The van der Waals surface area contributed by atoms with Crippen LogP contribution in [0.1, 0.15) is 29.9 Å². The van der Waals surface area contributed by atoms with Crippen molar-refractivity contribution in [1.82, 2.24) is 9.88 Å². The Hall–Kier alpha value is -1.34. The molecular weight excluding hydrogens is 252 g/mol. The Morgan fingerprint density at radius 2 is 2.28 bits per heavy atom. The highest BCUT2D eigenvalue weighted by atomic mass is 32.1. The lowest BCUT2D eigenvalue weighted by Gasteiger charge is -2.18. The predicted molar refractivity (Wildman–Crippen MR) is 74.0 cm³/mol. The lowest BCUT2D eigenvalue weighted by molar-refractivity contribution is 0.0737. The summed E-state index contributed by atoms with van der Waals surface area (Å²) >= 11 is 1.26. The van der Waals surface area contributed by atoms with Gasteiger partial charge in [0.05, 0.1) is 6.61 Å². The molecule has 0 bridgehead atoms. The molecule has 1 rings (SSSR count). The van der Waals surface area contributed by atoms with Crippen LogP contribution in [0.5, 0.6) is 0 Å². The third-order valence-corrected chi connectivity index (χ3v) is 3.43. The predicted octanol–water partition coefficient (Wildman–Crippen LogP) is 1.00. The topological polar surface area (TPSA) is 91.5 Å². The SMILES string of the molecule is CCCNc1nc(N)c(C(=O)N(CC)CCO)s1. The molecule has 1 heterocycles. The zero-order valence-corrected chi connectivity index (χ0v) is 11.6. The molecule has 0 saturated carbocycles. The molecule has 0 atom stereocenters. The highest BCUT2D eigenvalue weighted by Gasteiger charge is 2.20. The first-order chi connectivity index (χ1) is 8.63. The van der Waals surface area contributed by atoms with Crippen LogP contribution in [0.2, 0.25) is 0 Å². The monoisotopic (exact) mass is 272 g/mol. The van der Waals surface area contributed by atoms with Crippen molar-refractivity contribution >= 4 is 28.2 Å². The zero-order chi connectivity index (χ0) is 13.5. The Balaban J connectivity index is 2.81. The van der Waals surface area contributed by atoms with Crippen LogP contribution in [0, 0.1) is 0 Å². The molecule has 0 aliphatic carbocycles. The van der Waals surface area contributed by atoms with Crippen molar-refractivity contribution in [2.45, 2.75) is 20.3 Å². The van der Waals surface area contributed by atoms with E-state index in [1.165, 1.54) is 11.3 Å². The van der Waals surface area contributed by atoms with Gasteiger partial charge in [0.2, 0.25) is 0 Å². The van der Waals surface area contributed by atoms with Gasteiger partial charge in [0.1, 0.15) is 10.7 Å². The second-order valence-corrected chi connectivity index (χ2v) is 4.77. The van der Waals surface area contributed by atoms with Gasteiger partial charge in [-0.3, -0.25) is 4.79 Å². The minimum atomic E-state index is -0.175. The van der Waals surface area contributed by atoms with Gasteiger partial charge >= 0.3 is 0 Å². The van der Waals surface area contributed by atoms with E-state index >= 15 is 0 Å². The number of carbonyl (C=O) groups excluding carboxylic acids is 1. The minimum absolute atomic E-state index is 0.0563. The third-order valence-electron chi connectivity index (χ3n) is 2.41. The van der Waals surface area contributed by atoms with Crippen LogP contribution in [0.25, 0.3) is 0 Å². The van der Waals surface area contributed by atoms with Gasteiger partial charge in [-0.2, -0.15) is 0 Å². The number of hydrogen-bond donors (Lipinski definition) is 3. The number of nitrogen functional groups attached to an aromatic ring is 1. The number of amides is 1. The lowest BCUT2D eigenvalue weighted by atomic mass is 10.4. The van der Waals surface area contributed by atoms with Crippen LogP contribution in [0.15, 0.2) is 0 Å². The van der Waals surface area contributed by atoms with Crippen LogP contribution in [0.3, 0.4) is 0 Å². The molecule has 0 aliphatic rings. The van der Waals surface area contributed by atoms with Crippen molar-refractivity contribution < 1.29 is 9.90 Å². The maximum atomic E-state index is 12.2. The van der Waals surface area contributed by atoms with E-state index in [2.05, 4.69) is 17.2 Å². The number of nitrogens with zero attached hydrogens (tertiary/aromatic N) is 2. The fourth-order valence-corrected chi connectivity index (χ4v) is 2.34. The van der Waals surface area contributed by atoms with Gasteiger partial charge in [-0.15, -0.1) is 0 Å². The summed E-state index contributed by atoms with van der Waals surface area (Å²) in [5.74, 6) is 0.0751. The first kappa shape index (κ1) is 14.7. The number of rotatable bonds is 7. The Morgan fingerprint density at radius 3 is 2.83 bits per heavy atom. The van der Waals surface area contributed by atoms with Crippen molar-refractivity contribution in [2.24, 2.45) is 0 Å². The van der Waals surface area contributed by atoms with Crippen LogP contribution < -0.4 is 11.1 Å². The first-order valence-corrected chi connectivity index (χ1v) is 6.85. The van der Waals surface area contributed by atoms with Gasteiger partial charge in [0.25, 0.3) is 5.91 Å². The number of aliphatic hydroxyl groups is 1. The second kappa shape index (κ2) is 7.17. The molecule has 0 aliphatic heterocycles. The van der Waals surface area contributed by atoms with Crippen molar-refractivity contribution in [2.75, 3.05) is 37.3 Å². The van der Waals surface area contributed by atoms with E-state index in [1.54, 1.807) is 4.90 Å². The summed E-state index contributed by atoms with van der Waals surface area (Å²) in [4.78, 5) is 18.3. The number of carbonyl (C=O) groups is 1. The number of anilines is 2.